The summed E-state index contributed by atoms with van der Waals surface area (Å²) < 4.78 is 27.4. The predicted molar refractivity (Wildman–Crippen MR) is 92.6 cm³/mol. The summed E-state index contributed by atoms with van der Waals surface area (Å²) in [4.78, 5) is 23.0. The quantitative estimate of drug-likeness (QED) is 0.706. The molecule has 0 saturated carbocycles. The van der Waals surface area contributed by atoms with E-state index in [0.717, 1.165) is 11.8 Å². The van der Waals surface area contributed by atoms with Crippen LogP contribution in [0.2, 0.25) is 0 Å². The first kappa shape index (κ1) is 16.7. The molecule has 2 aromatic heterocycles. The Kier molecular flexibility index (Phi) is 4.53. The van der Waals surface area contributed by atoms with E-state index in [0.29, 0.717) is 16.8 Å². The summed E-state index contributed by atoms with van der Waals surface area (Å²) in [6.45, 7) is 1.82. The topological polar surface area (TPSA) is 102 Å². The van der Waals surface area contributed by atoms with Gasteiger partial charge in [-0.1, -0.05) is 30.3 Å². The summed E-state index contributed by atoms with van der Waals surface area (Å²) in [7, 11) is -3.89. The number of carbonyl (C=O) groups is 1. The summed E-state index contributed by atoms with van der Waals surface area (Å²) in [5.41, 5.74) is 2.36. The Balaban J connectivity index is 1.98. The molecule has 2 heterocycles. The number of aldehydes is 1. The van der Waals surface area contributed by atoms with Gasteiger partial charge in [0.1, 0.15) is 12.0 Å². The molecule has 3 rings (SSSR count). The van der Waals surface area contributed by atoms with Gasteiger partial charge >= 0.3 is 0 Å². The Morgan fingerprint density at radius 2 is 1.68 bits per heavy atom. The van der Waals surface area contributed by atoms with E-state index in [-0.39, 0.29) is 10.8 Å². The van der Waals surface area contributed by atoms with Gasteiger partial charge < -0.3 is 0 Å². The monoisotopic (exact) mass is 354 g/mol. The van der Waals surface area contributed by atoms with Crippen molar-refractivity contribution in [1.29, 1.82) is 0 Å². The molecular weight excluding hydrogens is 340 g/mol. The van der Waals surface area contributed by atoms with Crippen LogP contribution in [0.1, 0.15) is 15.9 Å². The second-order valence-corrected chi connectivity index (χ2v) is 6.90. The number of rotatable bonds is 5. The Morgan fingerprint density at radius 1 is 0.960 bits per heavy atom. The number of anilines is 1. The molecule has 0 aliphatic carbocycles. The second kappa shape index (κ2) is 6.78. The van der Waals surface area contributed by atoms with Crippen LogP contribution in [-0.4, -0.2) is 29.7 Å². The molecule has 0 atom stereocenters. The van der Waals surface area contributed by atoms with Crippen molar-refractivity contribution in [2.75, 3.05) is 4.72 Å². The normalized spacial score (nSPS) is 11.1. The lowest BCUT2D eigenvalue weighted by Gasteiger charge is -2.10. The molecule has 3 aromatic rings. The number of sulfonamides is 1. The number of hydrogen-bond donors (Lipinski definition) is 1. The molecule has 0 aliphatic rings. The zero-order valence-electron chi connectivity index (χ0n) is 13.2. The van der Waals surface area contributed by atoms with E-state index < -0.39 is 10.0 Å². The van der Waals surface area contributed by atoms with Crippen molar-refractivity contribution >= 4 is 22.1 Å². The van der Waals surface area contributed by atoms with Gasteiger partial charge in [-0.25, -0.2) is 9.97 Å². The maximum atomic E-state index is 12.5. The molecule has 0 aliphatic heterocycles. The van der Waals surface area contributed by atoms with Gasteiger partial charge in [0, 0.05) is 29.7 Å². The van der Waals surface area contributed by atoms with E-state index >= 15 is 0 Å². The molecule has 0 radical (unpaired) electrons. The summed E-state index contributed by atoms with van der Waals surface area (Å²) in [5, 5.41) is -0.106. The highest BCUT2D eigenvalue weighted by Gasteiger charge is 2.19. The minimum atomic E-state index is -3.89. The summed E-state index contributed by atoms with van der Waals surface area (Å²) in [5.74, 6) is 0.0868. The van der Waals surface area contributed by atoms with Crippen LogP contribution in [-0.2, 0) is 10.0 Å². The van der Waals surface area contributed by atoms with Gasteiger partial charge in [0.25, 0.3) is 10.0 Å². The van der Waals surface area contributed by atoms with Crippen LogP contribution in [0, 0.1) is 6.92 Å². The van der Waals surface area contributed by atoms with E-state index in [1.807, 2.05) is 6.92 Å². The number of nitrogens with one attached hydrogen (secondary N) is 1. The van der Waals surface area contributed by atoms with Crippen LogP contribution in [0.4, 0.5) is 5.82 Å². The van der Waals surface area contributed by atoms with Crippen LogP contribution in [0.5, 0.6) is 0 Å². The second-order valence-electron chi connectivity index (χ2n) is 5.27. The van der Waals surface area contributed by atoms with E-state index in [4.69, 9.17) is 0 Å². The van der Waals surface area contributed by atoms with Crippen molar-refractivity contribution in [2.24, 2.45) is 0 Å². The van der Waals surface area contributed by atoms with Gasteiger partial charge in [0.2, 0.25) is 0 Å². The first-order valence-electron chi connectivity index (χ1n) is 7.32. The fraction of sp³-hybridized carbons (Fsp3) is 0.0588. The maximum absolute atomic E-state index is 12.5. The lowest BCUT2D eigenvalue weighted by atomic mass is 10.1. The highest BCUT2D eigenvalue weighted by Crippen LogP contribution is 2.25. The predicted octanol–water partition coefficient (Wildman–Crippen LogP) is 2.46. The Labute approximate surface area is 144 Å². The summed E-state index contributed by atoms with van der Waals surface area (Å²) >= 11 is 0. The van der Waals surface area contributed by atoms with Crippen LogP contribution in [0.25, 0.3) is 11.3 Å². The van der Waals surface area contributed by atoms with Gasteiger partial charge in [-0.3, -0.25) is 14.5 Å². The van der Waals surface area contributed by atoms with Gasteiger partial charge in [0.05, 0.1) is 0 Å². The van der Waals surface area contributed by atoms with Gasteiger partial charge in [-0.15, -0.1) is 0 Å². The van der Waals surface area contributed by atoms with Gasteiger partial charge in [-0.05, 0) is 18.6 Å². The molecule has 25 heavy (non-hydrogen) atoms. The number of aromatic nitrogens is 3. The first-order valence-corrected chi connectivity index (χ1v) is 8.80. The zero-order chi connectivity index (χ0) is 17.9. The maximum Gasteiger partial charge on any atom is 0.280 e. The van der Waals surface area contributed by atoms with E-state index in [1.54, 1.807) is 30.3 Å². The number of nitrogens with zero attached hydrogens (tertiary/aromatic N) is 3. The van der Waals surface area contributed by atoms with Crippen LogP contribution in [0.15, 0.2) is 60.0 Å². The van der Waals surface area contributed by atoms with Crippen LogP contribution in [0.3, 0.4) is 0 Å². The molecule has 126 valence electrons. The smallest absolute Gasteiger partial charge is 0.280 e. The Bertz CT molecular complexity index is 1000. The largest absolute Gasteiger partial charge is 0.298 e. The van der Waals surface area contributed by atoms with E-state index in [1.165, 1.54) is 24.7 Å². The lowest BCUT2D eigenvalue weighted by Crippen LogP contribution is -2.16. The van der Waals surface area contributed by atoms with E-state index in [9.17, 15) is 13.2 Å². The van der Waals surface area contributed by atoms with E-state index in [2.05, 4.69) is 19.7 Å². The van der Waals surface area contributed by atoms with Crippen molar-refractivity contribution < 1.29 is 13.2 Å². The molecule has 0 spiro atoms. The minimum absolute atomic E-state index is 0.0868. The van der Waals surface area contributed by atoms with Crippen molar-refractivity contribution in [3.63, 3.8) is 0 Å². The third-order valence-corrected chi connectivity index (χ3v) is 4.66. The number of pyridine rings is 1. The summed E-state index contributed by atoms with van der Waals surface area (Å²) in [6.07, 6.45) is 5.06. The minimum Gasteiger partial charge on any atom is -0.298 e. The molecule has 8 heteroatoms. The molecule has 0 saturated heterocycles. The molecular formula is C17H14N4O3S. The molecule has 0 amide bonds. The van der Waals surface area contributed by atoms with Crippen molar-refractivity contribution in [1.82, 2.24) is 15.0 Å². The molecule has 7 nitrogen and oxygen atoms in total. The van der Waals surface area contributed by atoms with Crippen molar-refractivity contribution in [3.05, 3.63) is 66.1 Å². The van der Waals surface area contributed by atoms with Gasteiger partial charge in [0.15, 0.2) is 10.8 Å². The highest BCUT2D eigenvalue weighted by molar-refractivity contribution is 7.92. The standard InChI is InChI=1S/C17H14N4O3S/c1-12-2-7-15(20-10-12)25(23,24)21-17-16(18-8-9-19-17)14-5-3-13(11-22)4-6-14/h2-11H,1H3,(H,19,21). The molecule has 0 fully saturated rings. The van der Waals surface area contributed by atoms with Crippen molar-refractivity contribution in [2.45, 2.75) is 11.9 Å². The Morgan fingerprint density at radius 3 is 2.32 bits per heavy atom. The van der Waals surface area contributed by atoms with Gasteiger partial charge in [-0.2, -0.15) is 8.42 Å². The lowest BCUT2D eigenvalue weighted by molar-refractivity contribution is 0.112. The third-order valence-electron chi connectivity index (χ3n) is 3.41. The Hall–Kier alpha value is -3.13. The fourth-order valence-corrected chi connectivity index (χ4v) is 3.08. The van der Waals surface area contributed by atoms with Crippen LogP contribution < -0.4 is 4.72 Å². The highest BCUT2D eigenvalue weighted by atomic mass is 32.2. The summed E-state index contributed by atoms with van der Waals surface area (Å²) in [6, 6.07) is 9.68. The number of aryl methyl sites for hydroxylation is 1. The van der Waals surface area contributed by atoms with Crippen LogP contribution >= 0.6 is 0 Å². The number of benzene rings is 1. The average molecular weight is 354 g/mol. The SMILES string of the molecule is Cc1ccc(S(=O)(=O)Nc2nccnc2-c2ccc(C=O)cc2)nc1. The molecule has 1 N–H and O–H groups in total. The average Bonchev–Trinajstić information content (AvgIpc) is 2.62. The number of hydrogen-bond acceptors (Lipinski definition) is 6. The molecule has 0 bridgehead atoms. The van der Waals surface area contributed by atoms with Crippen molar-refractivity contribution in [3.8, 4) is 11.3 Å². The first-order chi connectivity index (χ1) is 12.0. The third kappa shape index (κ3) is 3.69. The zero-order valence-corrected chi connectivity index (χ0v) is 14.1. The number of carbonyl (C=O) groups excluding carboxylic acids is 1. The fourth-order valence-electron chi connectivity index (χ4n) is 2.14. The molecule has 0 unspecified atom stereocenters. The molecule has 1 aromatic carbocycles.